The van der Waals surface area contributed by atoms with E-state index in [-0.39, 0.29) is 11.9 Å². The Kier molecular flexibility index (Phi) is 5.11. The summed E-state index contributed by atoms with van der Waals surface area (Å²) in [4.78, 5) is 18.5. The molecular formula is C16H20N2O3. The van der Waals surface area contributed by atoms with Crippen molar-refractivity contribution < 1.29 is 13.9 Å². The molecule has 5 nitrogen and oxygen atoms in total. The molecule has 1 atom stereocenters. The third-order valence-electron chi connectivity index (χ3n) is 3.36. The van der Waals surface area contributed by atoms with Crippen molar-refractivity contribution in [2.75, 3.05) is 14.2 Å². The van der Waals surface area contributed by atoms with Gasteiger partial charge in [-0.05, 0) is 30.7 Å². The minimum atomic E-state index is -0.158. The third kappa shape index (κ3) is 3.49. The number of aromatic nitrogens is 1. The van der Waals surface area contributed by atoms with Gasteiger partial charge in [0.2, 0.25) is 0 Å². The number of ether oxygens (including phenoxy) is 1. The quantitative estimate of drug-likeness (QED) is 0.819. The second-order valence-electron chi connectivity index (χ2n) is 4.79. The molecule has 0 aliphatic heterocycles. The summed E-state index contributed by atoms with van der Waals surface area (Å²) in [5.74, 6) is 0.800. The predicted molar refractivity (Wildman–Crippen MR) is 78.8 cm³/mol. The molecule has 0 saturated carbocycles. The molecular weight excluding hydrogens is 268 g/mol. The minimum Gasteiger partial charge on any atom is -0.453 e. The molecule has 0 fully saturated rings. The van der Waals surface area contributed by atoms with Crippen LogP contribution in [0.25, 0.3) is 0 Å². The molecule has 21 heavy (non-hydrogen) atoms. The number of rotatable bonds is 6. The Morgan fingerprint density at radius 2 is 2.19 bits per heavy atom. The molecule has 0 spiro atoms. The number of nitrogens with zero attached hydrogens (tertiary/aromatic N) is 2. The van der Waals surface area contributed by atoms with Gasteiger partial charge in [-0.25, -0.2) is 0 Å². The Bertz CT molecular complexity index is 580. The van der Waals surface area contributed by atoms with Crippen molar-refractivity contribution in [2.45, 2.75) is 26.0 Å². The zero-order chi connectivity index (χ0) is 15.2. The summed E-state index contributed by atoms with van der Waals surface area (Å²) < 4.78 is 10.5. The molecule has 1 amide bonds. The van der Waals surface area contributed by atoms with Crippen molar-refractivity contribution in [3.05, 3.63) is 53.7 Å². The highest BCUT2D eigenvalue weighted by molar-refractivity contribution is 5.91. The summed E-state index contributed by atoms with van der Waals surface area (Å²) in [6.45, 7) is 2.38. The van der Waals surface area contributed by atoms with Crippen LogP contribution < -0.4 is 0 Å². The van der Waals surface area contributed by atoms with Crippen molar-refractivity contribution in [1.29, 1.82) is 0 Å². The molecule has 2 aromatic heterocycles. The Morgan fingerprint density at radius 3 is 2.81 bits per heavy atom. The molecule has 5 heteroatoms. The van der Waals surface area contributed by atoms with Crippen LogP contribution in [0.3, 0.4) is 0 Å². The van der Waals surface area contributed by atoms with Gasteiger partial charge in [-0.2, -0.15) is 0 Å². The molecule has 0 aromatic carbocycles. The minimum absolute atomic E-state index is 0.0744. The molecule has 0 N–H and O–H groups in total. The predicted octanol–water partition coefficient (Wildman–Crippen LogP) is 3.04. The topological polar surface area (TPSA) is 55.6 Å². The summed E-state index contributed by atoms with van der Waals surface area (Å²) in [5.41, 5.74) is 0.875. The van der Waals surface area contributed by atoms with Gasteiger partial charge < -0.3 is 14.1 Å². The summed E-state index contributed by atoms with van der Waals surface area (Å²) in [6.07, 6.45) is 2.52. The van der Waals surface area contributed by atoms with Gasteiger partial charge in [-0.3, -0.25) is 9.78 Å². The average Bonchev–Trinajstić information content (AvgIpc) is 2.97. The molecule has 2 aromatic rings. The summed E-state index contributed by atoms with van der Waals surface area (Å²) in [6, 6.07) is 9.07. The Morgan fingerprint density at radius 1 is 1.38 bits per heavy atom. The van der Waals surface area contributed by atoms with Crippen LogP contribution in [0.2, 0.25) is 0 Å². The van der Waals surface area contributed by atoms with Gasteiger partial charge in [-0.1, -0.05) is 13.0 Å². The van der Waals surface area contributed by atoms with Gasteiger partial charge in [0.05, 0.1) is 11.7 Å². The van der Waals surface area contributed by atoms with Crippen LogP contribution in [0.1, 0.15) is 41.4 Å². The molecule has 0 aliphatic rings. The number of carbonyl (C=O) groups excluding carboxylic acids is 1. The standard InChI is InChI=1S/C16H20N2O3/c1-4-14(13-7-5-6-10-17-13)18(2)16(19)15-9-8-12(21-15)11-20-3/h5-10,14H,4,11H2,1-3H3/t14-/m1/s1. The van der Waals surface area contributed by atoms with E-state index in [1.807, 2.05) is 25.1 Å². The number of pyridine rings is 1. The first-order valence-electron chi connectivity index (χ1n) is 6.93. The maximum Gasteiger partial charge on any atom is 0.289 e. The van der Waals surface area contributed by atoms with Crippen molar-refractivity contribution in [1.82, 2.24) is 9.88 Å². The van der Waals surface area contributed by atoms with Crippen LogP contribution in [-0.2, 0) is 11.3 Å². The third-order valence-corrected chi connectivity index (χ3v) is 3.36. The van der Waals surface area contributed by atoms with E-state index in [0.717, 1.165) is 12.1 Å². The van der Waals surface area contributed by atoms with Gasteiger partial charge in [0.25, 0.3) is 5.91 Å². The lowest BCUT2D eigenvalue weighted by molar-refractivity contribution is 0.0683. The molecule has 0 saturated heterocycles. The van der Waals surface area contributed by atoms with Gasteiger partial charge in [0.1, 0.15) is 12.4 Å². The van der Waals surface area contributed by atoms with E-state index in [2.05, 4.69) is 4.98 Å². The van der Waals surface area contributed by atoms with E-state index in [1.54, 1.807) is 37.4 Å². The van der Waals surface area contributed by atoms with Crippen molar-refractivity contribution >= 4 is 5.91 Å². The zero-order valence-electron chi connectivity index (χ0n) is 12.6. The number of carbonyl (C=O) groups is 1. The molecule has 112 valence electrons. The summed E-state index contributed by atoms with van der Waals surface area (Å²) >= 11 is 0. The lowest BCUT2D eigenvalue weighted by Crippen LogP contribution is -2.31. The summed E-state index contributed by atoms with van der Waals surface area (Å²) in [5, 5.41) is 0. The van der Waals surface area contributed by atoms with Crippen LogP contribution >= 0.6 is 0 Å². The second kappa shape index (κ2) is 7.04. The van der Waals surface area contributed by atoms with Crippen LogP contribution in [0.5, 0.6) is 0 Å². The van der Waals surface area contributed by atoms with Crippen molar-refractivity contribution in [2.24, 2.45) is 0 Å². The lowest BCUT2D eigenvalue weighted by atomic mass is 10.1. The zero-order valence-corrected chi connectivity index (χ0v) is 12.6. The largest absolute Gasteiger partial charge is 0.453 e. The number of furan rings is 1. The number of hydrogen-bond acceptors (Lipinski definition) is 4. The van der Waals surface area contributed by atoms with E-state index >= 15 is 0 Å². The normalized spacial score (nSPS) is 12.1. The van der Waals surface area contributed by atoms with Gasteiger partial charge >= 0.3 is 0 Å². The van der Waals surface area contributed by atoms with E-state index in [0.29, 0.717) is 18.1 Å². The van der Waals surface area contributed by atoms with Gasteiger partial charge in [-0.15, -0.1) is 0 Å². The van der Waals surface area contributed by atoms with Crippen molar-refractivity contribution in [3.8, 4) is 0 Å². The molecule has 0 bridgehead atoms. The highest BCUT2D eigenvalue weighted by Gasteiger charge is 2.24. The molecule has 2 rings (SSSR count). The molecule has 0 radical (unpaired) electrons. The van der Waals surface area contributed by atoms with Crippen LogP contribution in [-0.4, -0.2) is 29.9 Å². The fourth-order valence-corrected chi connectivity index (χ4v) is 2.28. The second-order valence-corrected chi connectivity index (χ2v) is 4.79. The fourth-order valence-electron chi connectivity index (χ4n) is 2.28. The molecule has 0 aliphatic carbocycles. The van der Waals surface area contributed by atoms with E-state index in [9.17, 15) is 4.79 Å². The lowest BCUT2D eigenvalue weighted by Gasteiger charge is -2.26. The van der Waals surface area contributed by atoms with Crippen LogP contribution in [0, 0.1) is 0 Å². The Balaban J connectivity index is 2.16. The number of methoxy groups -OCH3 is 1. The number of amides is 1. The Labute approximate surface area is 124 Å². The van der Waals surface area contributed by atoms with Crippen LogP contribution in [0.15, 0.2) is 40.9 Å². The van der Waals surface area contributed by atoms with E-state index in [1.165, 1.54) is 0 Å². The average molecular weight is 288 g/mol. The van der Waals surface area contributed by atoms with Crippen molar-refractivity contribution in [3.63, 3.8) is 0 Å². The molecule has 2 heterocycles. The van der Waals surface area contributed by atoms with Gasteiger partial charge in [0.15, 0.2) is 5.76 Å². The van der Waals surface area contributed by atoms with Gasteiger partial charge in [0, 0.05) is 20.4 Å². The highest BCUT2D eigenvalue weighted by Crippen LogP contribution is 2.23. The van der Waals surface area contributed by atoms with E-state index in [4.69, 9.17) is 9.15 Å². The number of hydrogen-bond donors (Lipinski definition) is 0. The monoisotopic (exact) mass is 288 g/mol. The van der Waals surface area contributed by atoms with Crippen LogP contribution in [0.4, 0.5) is 0 Å². The highest BCUT2D eigenvalue weighted by atomic mass is 16.5. The first kappa shape index (κ1) is 15.3. The Hall–Kier alpha value is -2.14. The SMILES string of the molecule is CC[C@H](c1ccccn1)N(C)C(=O)c1ccc(COC)o1. The summed E-state index contributed by atoms with van der Waals surface area (Å²) in [7, 11) is 3.36. The van der Waals surface area contributed by atoms with E-state index < -0.39 is 0 Å². The smallest absolute Gasteiger partial charge is 0.289 e. The fraction of sp³-hybridized carbons (Fsp3) is 0.375. The first-order chi connectivity index (χ1) is 10.2. The maximum atomic E-state index is 12.5. The molecule has 0 unspecified atom stereocenters. The first-order valence-corrected chi connectivity index (χ1v) is 6.93. The maximum absolute atomic E-state index is 12.5.